The van der Waals surface area contributed by atoms with E-state index in [4.69, 9.17) is 0 Å². The molecule has 0 radical (unpaired) electrons. The number of amides is 1. The van der Waals surface area contributed by atoms with E-state index in [2.05, 4.69) is 31.1 Å². The molecule has 2 rings (SSSR count). The fraction of sp³-hybridized carbons (Fsp3) is 0.588. The molecule has 0 spiro atoms. The minimum Gasteiger partial charge on any atom is -0.375 e. The third-order valence-electron chi connectivity index (χ3n) is 4.42. The Balaban J connectivity index is 2.02. The highest BCUT2D eigenvalue weighted by Gasteiger charge is 2.28. The van der Waals surface area contributed by atoms with Gasteiger partial charge in [0.05, 0.1) is 0 Å². The van der Waals surface area contributed by atoms with Crippen molar-refractivity contribution >= 4 is 11.6 Å². The summed E-state index contributed by atoms with van der Waals surface area (Å²) < 4.78 is 0. The van der Waals surface area contributed by atoms with Crippen LogP contribution in [-0.4, -0.2) is 25.0 Å². The fourth-order valence-electron chi connectivity index (χ4n) is 2.85. The van der Waals surface area contributed by atoms with Crippen molar-refractivity contribution in [3.8, 4) is 0 Å². The van der Waals surface area contributed by atoms with Crippen molar-refractivity contribution in [2.24, 2.45) is 0 Å². The van der Waals surface area contributed by atoms with Gasteiger partial charge in [0.1, 0.15) is 0 Å². The predicted molar refractivity (Wildman–Crippen MR) is 84.3 cm³/mol. The number of nitrogens with zero attached hydrogens (tertiary/aromatic N) is 1. The zero-order valence-electron chi connectivity index (χ0n) is 12.9. The molecule has 0 bridgehead atoms. The molecule has 1 amide bonds. The summed E-state index contributed by atoms with van der Waals surface area (Å²) in [7, 11) is 2.05. The van der Waals surface area contributed by atoms with E-state index in [1.165, 1.54) is 19.3 Å². The third kappa shape index (κ3) is 3.53. The van der Waals surface area contributed by atoms with E-state index in [1.54, 1.807) is 0 Å². The van der Waals surface area contributed by atoms with Crippen molar-refractivity contribution in [3.05, 3.63) is 29.8 Å². The molecule has 1 aliphatic carbocycles. The Kier molecular flexibility index (Phi) is 4.69. The second-order valence-corrected chi connectivity index (χ2v) is 6.14. The second kappa shape index (κ2) is 6.29. The van der Waals surface area contributed by atoms with Gasteiger partial charge in [0, 0.05) is 30.4 Å². The van der Waals surface area contributed by atoms with Crippen LogP contribution in [0.3, 0.4) is 0 Å². The molecule has 1 N–H and O–H groups in total. The lowest BCUT2D eigenvalue weighted by molar-refractivity contribution is 0.0882. The number of hydrogen-bond donors (Lipinski definition) is 1. The van der Waals surface area contributed by atoms with Gasteiger partial charge in [-0.25, -0.2) is 0 Å². The van der Waals surface area contributed by atoms with Crippen LogP contribution in [0.2, 0.25) is 0 Å². The molecule has 1 aromatic carbocycles. The molecule has 3 heteroatoms. The molecule has 110 valence electrons. The average Bonchev–Trinajstić information content (AvgIpc) is 2.47. The molecule has 1 aromatic rings. The summed E-state index contributed by atoms with van der Waals surface area (Å²) in [4.78, 5) is 14.5. The number of carbonyl (C=O) groups is 1. The maximum atomic E-state index is 12.3. The molecule has 0 saturated heterocycles. The van der Waals surface area contributed by atoms with Crippen LogP contribution in [0.4, 0.5) is 5.69 Å². The van der Waals surface area contributed by atoms with Crippen molar-refractivity contribution in [2.45, 2.75) is 51.5 Å². The van der Waals surface area contributed by atoms with Crippen molar-refractivity contribution in [1.82, 2.24) is 5.32 Å². The molecule has 0 atom stereocenters. The van der Waals surface area contributed by atoms with Gasteiger partial charge in [-0.3, -0.25) is 4.79 Å². The molecule has 0 heterocycles. The van der Waals surface area contributed by atoms with Gasteiger partial charge in [-0.2, -0.15) is 0 Å². The number of benzene rings is 1. The van der Waals surface area contributed by atoms with Crippen LogP contribution < -0.4 is 10.2 Å². The van der Waals surface area contributed by atoms with Gasteiger partial charge in [-0.15, -0.1) is 0 Å². The maximum Gasteiger partial charge on any atom is 0.251 e. The van der Waals surface area contributed by atoms with Crippen LogP contribution in [0.25, 0.3) is 0 Å². The van der Waals surface area contributed by atoms with Gasteiger partial charge in [0.2, 0.25) is 0 Å². The summed E-state index contributed by atoms with van der Waals surface area (Å²) in [5.41, 5.74) is 1.88. The van der Waals surface area contributed by atoms with Gasteiger partial charge in [-0.1, -0.05) is 19.3 Å². The molecular formula is C17H26N2O. The quantitative estimate of drug-likeness (QED) is 0.910. The Hall–Kier alpha value is -1.51. The first kappa shape index (κ1) is 14.9. The molecule has 0 unspecified atom stereocenters. The lowest BCUT2D eigenvalue weighted by Crippen LogP contribution is -2.47. The zero-order chi connectivity index (χ0) is 14.6. The number of nitrogens with one attached hydrogen (secondary N) is 1. The first-order chi connectivity index (χ1) is 9.54. The maximum absolute atomic E-state index is 12.3. The Morgan fingerprint density at radius 1 is 1.20 bits per heavy atom. The van der Waals surface area contributed by atoms with Crippen molar-refractivity contribution in [1.29, 1.82) is 0 Å². The van der Waals surface area contributed by atoms with Gasteiger partial charge in [0.15, 0.2) is 0 Å². The highest BCUT2D eigenvalue weighted by Crippen LogP contribution is 2.28. The minimum atomic E-state index is -0.0196. The molecule has 1 aliphatic rings. The van der Waals surface area contributed by atoms with E-state index >= 15 is 0 Å². The smallest absolute Gasteiger partial charge is 0.251 e. The minimum absolute atomic E-state index is 0.0196. The highest BCUT2D eigenvalue weighted by atomic mass is 16.1. The van der Waals surface area contributed by atoms with Crippen molar-refractivity contribution in [3.63, 3.8) is 0 Å². The largest absolute Gasteiger partial charge is 0.375 e. The Labute approximate surface area is 122 Å². The second-order valence-electron chi connectivity index (χ2n) is 6.14. The SMILES string of the molecule is CCN(C)c1ccc(C(=O)NC2(C)CCCCC2)cc1. The molecule has 1 fully saturated rings. The summed E-state index contributed by atoms with van der Waals surface area (Å²) in [6.07, 6.45) is 5.92. The molecule has 0 aromatic heterocycles. The first-order valence-corrected chi connectivity index (χ1v) is 7.68. The summed E-state index contributed by atoms with van der Waals surface area (Å²) in [6.45, 7) is 5.25. The Morgan fingerprint density at radius 3 is 2.35 bits per heavy atom. The molecular weight excluding hydrogens is 248 g/mol. The van der Waals surface area contributed by atoms with Crippen LogP contribution >= 0.6 is 0 Å². The van der Waals surface area contributed by atoms with Crippen molar-refractivity contribution in [2.75, 3.05) is 18.5 Å². The van der Waals surface area contributed by atoms with Crippen LogP contribution in [0.5, 0.6) is 0 Å². The molecule has 0 aliphatic heterocycles. The van der Waals surface area contributed by atoms with E-state index in [0.29, 0.717) is 0 Å². The van der Waals surface area contributed by atoms with E-state index in [1.807, 2.05) is 24.3 Å². The monoisotopic (exact) mass is 274 g/mol. The van der Waals surface area contributed by atoms with Gasteiger partial charge >= 0.3 is 0 Å². The Bertz CT molecular complexity index is 447. The van der Waals surface area contributed by atoms with Crippen molar-refractivity contribution < 1.29 is 4.79 Å². The molecule has 20 heavy (non-hydrogen) atoms. The molecule has 3 nitrogen and oxygen atoms in total. The lowest BCUT2D eigenvalue weighted by atomic mass is 9.83. The summed E-state index contributed by atoms with van der Waals surface area (Å²) in [5.74, 6) is 0.0556. The standard InChI is InChI=1S/C17H26N2O/c1-4-19(3)15-10-8-14(9-11-15)16(20)18-17(2)12-6-5-7-13-17/h8-11H,4-7,12-13H2,1-3H3,(H,18,20). The third-order valence-corrected chi connectivity index (χ3v) is 4.42. The molecule has 1 saturated carbocycles. The van der Waals surface area contributed by atoms with E-state index < -0.39 is 0 Å². The van der Waals surface area contributed by atoms with Crippen LogP contribution in [0, 0.1) is 0 Å². The van der Waals surface area contributed by atoms with E-state index in [-0.39, 0.29) is 11.4 Å². The number of rotatable bonds is 4. The zero-order valence-corrected chi connectivity index (χ0v) is 12.9. The van der Waals surface area contributed by atoms with E-state index in [9.17, 15) is 4.79 Å². The normalized spacial score (nSPS) is 17.6. The average molecular weight is 274 g/mol. The highest BCUT2D eigenvalue weighted by molar-refractivity contribution is 5.95. The van der Waals surface area contributed by atoms with Crippen LogP contribution in [0.1, 0.15) is 56.3 Å². The topological polar surface area (TPSA) is 32.3 Å². The number of carbonyl (C=O) groups excluding carboxylic acids is 1. The fourth-order valence-corrected chi connectivity index (χ4v) is 2.85. The number of anilines is 1. The lowest BCUT2D eigenvalue weighted by Gasteiger charge is -2.34. The first-order valence-electron chi connectivity index (χ1n) is 7.68. The summed E-state index contributed by atoms with van der Waals surface area (Å²) in [6, 6.07) is 7.87. The predicted octanol–water partition coefficient (Wildman–Crippen LogP) is 3.60. The van der Waals surface area contributed by atoms with Gasteiger partial charge < -0.3 is 10.2 Å². The van der Waals surface area contributed by atoms with Gasteiger partial charge in [0.25, 0.3) is 5.91 Å². The Morgan fingerprint density at radius 2 is 1.80 bits per heavy atom. The van der Waals surface area contributed by atoms with Crippen LogP contribution in [-0.2, 0) is 0 Å². The van der Waals surface area contributed by atoms with E-state index in [0.717, 1.165) is 30.6 Å². The van der Waals surface area contributed by atoms with Gasteiger partial charge in [-0.05, 0) is 51.0 Å². The van der Waals surface area contributed by atoms with Crippen LogP contribution in [0.15, 0.2) is 24.3 Å². The number of hydrogen-bond acceptors (Lipinski definition) is 2. The summed E-state index contributed by atoms with van der Waals surface area (Å²) in [5, 5.41) is 3.22. The summed E-state index contributed by atoms with van der Waals surface area (Å²) >= 11 is 0.